The number of halogens is 2. The molecule has 0 aliphatic rings. The lowest BCUT2D eigenvalue weighted by Gasteiger charge is -2.12. The summed E-state index contributed by atoms with van der Waals surface area (Å²) in [4.78, 5) is 24.4. The van der Waals surface area contributed by atoms with Gasteiger partial charge in [-0.2, -0.15) is 0 Å². The lowest BCUT2D eigenvalue weighted by atomic mass is 10.1. The van der Waals surface area contributed by atoms with Gasteiger partial charge >= 0.3 is 6.03 Å². The van der Waals surface area contributed by atoms with Gasteiger partial charge < -0.3 is 5.32 Å². The monoisotopic (exact) mass is 366 g/mol. The van der Waals surface area contributed by atoms with E-state index in [2.05, 4.69) is 17.6 Å². The van der Waals surface area contributed by atoms with Gasteiger partial charge in [-0.3, -0.25) is 10.1 Å². The number of amides is 3. The first-order valence-electron chi connectivity index (χ1n) is 8.08. The van der Waals surface area contributed by atoms with Crippen LogP contribution in [-0.4, -0.2) is 11.9 Å². The number of aryl methyl sites for hydroxylation is 1. The third-order valence-electron chi connectivity index (χ3n) is 3.42. The molecule has 0 heterocycles. The molecule has 0 aromatic heterocycles. The highest BCUT2D eigenvalue weighted by Gasteiger charge is 2.17. The van der Waals surface area contributed by atoms with Crippen LogP contribution in [0.5, 0.6) is 0 Å². The molecule has 2 aromatic carbocycles. The zero-order valence-corrected chi connectivity index (χ0v) is 14.7. The van der Waals surface area contributed by atoms with E-state index in [1.807, 2.05) is 18.2 Å². The standard InChI is InChI=1S/C18H18Cl2N2O2/c1-2-3-7-12-8-4-5-11-15(12)21-18(24)22-17(23)16-13(19)9-6-10-14(16)20/h4-6,8-11H,2-3,7H2,1H3,(H2,21,22,23,24)/i6T. The van der Waals surface area contributed by atoms with Gasteiger partial charge in [0.05, 0.1) is 17.0 Å². The summed E-state index contributed by atoms with van der Waals surface area (Å²) >= 11 is 11.9. The predicted octanol–water partition coefficient (Wildman–Crippen LogP) is 5.30. The molecule has 3 amide bonds. The fourth-order valence-electron chi connectivity index (χ4n) is 2.21. The number of para-hydroxylation sites is 1. The lowest BCUT2D eigenvalue weighted by Crippen LogP contribution is -2.34. The summed E-state index contributed by atoms with van der Waals surface area (Å²) in [6.45, 7) is 2.09. The molecule has 24 heavy (non-hydrogen) atoms. The largest absolute Gasteiger partial charge is 0.326 e. The molecule has 0 atom stereocenters. The molecule has 0 aliphatic carbocycles. The van der Waals surface area contributed by atoms with Gasteiger partial charge in [0, 0.05) is 5.69 Å². The van der Waals surface area contributed by atoms with E-state index in [1.54, 1.807) is 6.07 Å². The van der Waals surface area contributed by atoms with Crippen molar-refractivity contribution in [2.24, 2.45) is 0 Å². The molecule has 0 unspecified atom stereocenters. The molecule has 6 heteroatoms. The van der Waals surface area contributed by atoms with Crippen molar-refractivity contribution in [3.63, 3.8) is 0 Å². The Hall–Kier alpha value is -2.04. The molecule has 0 spiro atoms. The smallest absolute Gasteiger partial charge is 0.307 e. The number of benzene rings is 2. The number of hydrogen-bond donors (Lipinski definition) is 2. The molecule has 0 saturated heterocycles. The van der Waals surface area contributed by atoms with Crippen LogP contribution in [0.1, 0.15) is 37.1 Å². The van der Waals surface area contributed by atoms with Crippen molar-refractivity contribution < 1.29 is 11.0 Å². The zero-order chi connectivity index (χ0) is 18.4. The van der Waals surface area contributed by atoms with Gasteiger partial charge in [-0.15, -0.1) is 0 Å². The molecule has 0 bridgehead atoms. The molecule has 0 aliphatic heterocycles. The quantitative estimate of drug-likeness (QED) is 0.754. The summed E-state index contributed by atoms with van der Waals surface area (Å²) in [6.07, 6.45) is 2.88. The van der Waals surface area contributed by atoms with Gasteiger partial charge in [0.25, 0.3) is 5.91 Å². The number of urea groups is 1. The van der Waals surface area contributed by atoms with Crippen molar-refractivity contribution in [3.05, 3.63) is 63.6 Å². The van der Waals surface area contributed by atoms with Crippen LogP contribution in [-0.2, 0) is 6.42 Å². The number of rotatable bonds is 5. The maximum Gasteiger partial charge on any atom is 0.326 e. The number of carbonyl (C=O) groups is 2. The Morgan fingerprint density at radius 2 is 1.79 bits per heavy atom. The molecular formula is C18H18Cl2N2O2. The third-order valence-corrected chi connectivity index (χ3v) is 4.01. The summed E-state index contributed by atoms with van der Waals surface area (Å²) in [5.74, 6) is -0.724. The Kier molecular flexibility index (Phi) is 6.10. The van der Waals surface area contributed by atoms with E-state index in [9.17, 15) is 9.59 Å². The number of anilines is 1. The highest BCUT2D eigenvalue weighted by atomic mass is 35.5. The van der Waals surface area contributed by atoms with Crippen molar-refractivity contribution in [3.8, 4) is 0 Å². The molecule has 0 radical (unpaired) electrons. The molecule has 0 saturated carbocycles. The van der Waals surface area contributed by atoms with Crippen LogP contribution in [0, 0.1) is 0 Å². The number of hydrogen-bond acceptors (Lipinski definition) is 2. The first-order valence-corrected chi connectivity index (χ1v) is 8.33. The van der Waals surface area contributed by atoms with E-state index in [1.165, 1.54) is 12.1 Å². The molecule has 0 fully saturated rings. The van der Waals surface area contributed by atoms with Crippen LogP contribution >= 0.6 is 23.2 Å². The summed E-state index contributed by atoms with van der Waals surface area (Å²) in [7, 11) is 0. The number of imide groups is 1. The fraction of sp³-hybridized carbons (Fsp3) is 0.222. The molecule has 2 rings (SSSR count). The summed E-state index contributed by atoms with van der Waals surface area (Å²) < 4.78 is 7.50. The van der Waals surface area contributed by atoms with E-state index in [0.717, 1.165) is 24.8 Å². The second-order valence-electron chi connectivity index (χ2n) is 5.20. The Balaban J connectivity index is 2.10. The number of carbonyl (C=O) groups excluding carboxylic acids is 2. The first-order chi connectivity index (χ1) is 11.9. The van der Waals surface area contributed by atoms with Gasteiger partial charge in [-0.05, 0) is 36.6 Å². The average molecular weight is 367 g/mol. The van der Waals surface area contributed by atoms with E-state index in [4.69, 9.17) is 24.6 Å². The lowest BCUT2D eigenvalue weighted by molar-refractivity contribution is 0.0967. The highest BCUT2D eigenvalue weighted by Crippen LogP contribution is 2.24. The first kappa shape index (κ1) is 16.8. The van der Waals surface area contributed by atoms with Crippen LogP contribution in [0.4, 0.5) is 10.5 Å². The van der Waals surface area contributed by atoms with Crippen molar-refractivity contribution in [2.45, 2.75) is 26.2 Å². The van der Waals surface area contributed by atoms with E-state index in [0.29, 0.717) is 5.69 Å². The van der Waals surface area contributed by atoms with Crippen molar-refractivity contribution in [1.29, 1.82) is 0 Å². The summed E-state index contributed by atoms with van der Waals surface area (Å²) in [5.41, 5.74) is 1.62. The summed E-state index contributed by atoms with van der Waals surface area (Å²) in [5, 5.41) is 4.93. The van der Waals surface area contributed by atoms with Gasteiger partial charge in [-0.25, -0.2) is 4.79 Å². The Bertz CT molecular complexity index is 773. The SMILES string of the molecule is [3H]c1cc(Cl)c(C(=O)NC(=O)Nc2ccccc2CCCC)c(Cl)c1. The third kappa shape index (κ3) is 4.73. The van der Waals surface area contributed by atoms with Crippen molar-refractivity contribution in [2.75, 3.05) is 5.32 Å². The normalized spacial score (nSPS) is 10.9. The van der Waals surface area contributed by atoms with E-state index < -0.39 is 11.9 Å². The van der Waals surface area contributed by atoms with Crippen LogP contribution in [0.2, 0.25) is 10.0 Å². The van der Waals surface area contributed by atoms with Crippen LogP contribution in [0.15, 0.2) is 42.4 Å². The molecular weight excluding hydrogens is 347 g/mol. The van der Waals surface area contributed by atoms with Crippen LogP contribution in [0.3, 0.4) is 0 Å². The minimum atomic E-state index is -0.724. The minimum Gasteiger partial charge on any atom is -0.307 e. The second-order valence-corrected chi connectivity index (χ2v) is 6.01. The molecule has 2 N–H and O–H groups in total. The van der Waals surface area contributed by atoms with E-state index >= 15 is 0 Å². The summed E-state index contributed by atoms with van der Waals surface area (Å²) in [6, 6.07) is 9.43. The highest BCUT2D eigenvalue weighted by molar-refractivity contribution is 6.40. The Morgan fingerprint density at radius 3 is 2.46 bits per heavy atom. The van der Waals surface area contributed by atoms with Gasteiger partial charge in [0.15, 0.2) is 0 Å². The minimum absolute atomic E-state index is 0.0196. The molecule has 2 aromatic rings. The number of nitrogens with one attached hydrogen (secondary N) is 2. The maximum atomic E-state index is 12.3. The number of unbranched alkanes of at least 4 members (excludes halogenated alkanes) is 1. The Morgan fingerprint density at radius 1 is 1.12 bits per heavy atom. The predicted molar refractivity (Wildman–Crippen MR) is 98.0 cm³/mol. The van der Waals surface area contributed by atoms with Crippen molar-refractivity contribution >= 4 is 40.8 Å². The van der Waals surface area contributed by atoms with E-state index in [-0.39, 0.29) is 21.7 Å². The maximum absolute atomic E-state index is 12.3. The molecule has 126 valence electrons. The van der Waals surface area contributed by atoms with Crippen LogP contribution in [0.25, 0.3) is 0 Å². The van der Waals surface area contributed by atoms with Gasteiger partial charge in [0.1, 0.15) is 0 Å². The Labute approximate surface area is 152 Å². The van der Waals surface area contributed by atoms with Gasteiger partial charge in [-0.1, -0.05) is 60.8 Å². The van der Waals surface area contributed by atoms with Crippen molar-refractivity contribution in [1.82, 2.24) is 5.32 Å². The fourth-order valence-corrected chi connectivity index (χ4v) is 2.76. The van der Waals surface area contributed by atoms with Crippen LogP contribution < -0.4 is 10.6 Å². The van der Waals surface area contributed by atoms with Gasteiger partial charge in [0.2, 0.25) is 0 Å². The zero-order valence-electron chi connectivity index (χ0n) is 14.2. The average Bonchev–Trinajstić information content (AvgIpc) is 2.52. The second kappa shape index (κ2) is 8.71. The topological polar surface area (TPSA) is 58.2 Å². The molecule has 4 nitrogen and oxygen atoms in total.